The Kier molecular flexibility index (Phi) is 4.00. The molecule has 1 fully saturated rings. The van der Waals surface area contributed by atoms with Gasteiger partial charge in [-0.1, -0.05) is 0 Å². The van der Waals surface area contributed by atoms with Crippen molar-refractivity contribution in [2.45, 2.75) is 31.7 Å². The summed E-state index contributed by atoms with van der Waals surface area (Å²) in [5.74, 6) is 0.348. The van der Waals surface area contributed by atoms with Crippen LogP contribution in [0.1, 0.15) is 20.3 Å². The lowest BCUT2D eigenvalue weighted by molar-refractivity contribution is -0.121. The smallest absolute Gasteiger partial charge is 0.237 e. The standard InChI is InChI=1S/C9H16ClNO2/c1-6(10)9(12)11-7(2)8-3-4-13-5-8/h6-8H,3-5H2,1-2H3,(H,11,12). The van der Waals surface area contributed by atoms with Crippen molar-refractivity contribution in [1.29, 1.82) is 0 Å². The zero-order valence-electron chi connectivity index (χ0n) is 8.05. The minimum Gasteiger partial charge on any atom is -0.381 e. The second-order valence-electron chi connectivity index (χ2n) is 3.54. The van der Waals surface area contributed by atoms with Gasteiger partial charge in [0.05, 0.1) is 6.61 Å². The van der Waals surface area contributed by atoms with Crippen molar-refractivity contribution < 1.29 is 9.53 Å². The molecule has 1 heterocycles. The lowest BCUT2D eigenvalue weighted by Gasteiger charge is -2.19. The lowest BCUT2D eigenvalue weighted by atomic mass is 10.0. The zero-order valence-corrected chi connectivity index (χ0v) is 8.80. The van der Waals surface area contributed by atoms with Crippen LogP contribution in [0.2, 0.25) is 0 Å². The molecule has 4 heteroatoms. The van der Waals surface area contributed by atoms with Crippen molar-refractivity contribution >= 4 is 17.5 Å². The first-order valence-electron chi connectivity index (χ1n) is 4.63. The third kappa shape index (κ3) is 3.16. The number of hydrogen-bond donors (Lipinski definition) is 1. The van der Waals surface area contributed by atoms with Crippen LogP contribution >= 0.6 is 11.6 Å². The van der Waals surface area contributed by atoms with E-state index in [2.05, 4.69) is 5.32 Å². The molecule has 0 aliphatic carbocycles. The van der Waals surface area contributed by atoms with Gasteiger partial charge in [0, 0.05) is 18.6 Å². The van der Waals surface area contributed by atoms with Crippen molar-refractivity contribution in [3.63, 3.8) is 0 Å². The molecule has 1 aliphatic rings. The Morgan fingerprint density at radius 1 is 1.62 bits per heavy atom. The molecule has 0 radical (unpaired) electrons. The van der Waals surface area contributed by atoms with Crippen molar-refractivity contribution in [1.82, 2.24) is 5.32 Å². The highest BCUT2D eigenvalue weighted by Crippen LogP contribution is 2.16. The summed E-state index contributed by atoms with van der Waals surface area (Å²) in [6.07, 6.45) is 1.03. The summed E-state index contributed by atoms with van der Waals surface area (Å²) in [7, 11) is 0. The summed E-state index contributed by atoms with van der Waals surface area (Å²) in [4.78, 5) is 11.2. The first kappa shape index (κ1) is 10.8. The second-order valence-corrected chi connectivity index (χ2v) is 4.19. The van der Waals surface area contributed by atoms with Gasteiger partial charge in [-0.05, 0) is 20.3 Å². The summed E-state index contributed by atoms with van der Waals surface area (Å²) in [5.41, 5.74) is 0. The molecule has 3 atom stereocenters. The Hall–Kier alpha value is -0.280. The quantitative estimate of drug-likeness (QED) is 0.703. The van der Waals surface area contributed by atoms with Crippen LogP contribution in [-0.2, 0) is 9.53 Å². The summed E-state index contributed by atoms with van der Waals surface area (Å²) in [6, 6.07) is 0.163. The van der Waals surface area contributed by atoms with Gasteiger partial charge in [0.25, 0.3) is 0 Å². The molecule has 0 aromatic heterocycles. The van der Waals surface area contributed by atoms with E-state index in [1.54, 1.807) is 6.92 Å². The van der Waals surface area contributed by atoms with Crippen LogP contribution in [0.5, 0.6) is 0 Å². The van der Waals surface area contributed by atoms with E-state index in [4.69, 9.17) is 16.3 Å². The molecule has 1 saturated heterocycles. The molecule has 0 aromatic carbocycles. The van der Waals surface area contributed by atoms with E-state index in [0.717, 1.165) is 19.6 Å². The maximum absolute atomic E-state index is 11.2. The van der Waals surface area contributed by atoms with E-state index in [1.165, 1.54) is 0 Å². The molecular formula is C9H16ClNO2. The SMILES string of the molecule is CC(Cl)C(=O)NC(C)C1CCOC1. The predicted molar refractivity (Wildman–Crippen MR) is 51.8 cm³/mol. The molecule has 0 bridgehead atoms. The summed E-state index contributed by atoms with van der Waals surface area (Å²) < 4.78 is 5.24. The van der Waals surface area contributed by atoms with Gasteiger partial charge in [-0.15, -0.1) is 11.6 Å². The number of ether oxygens (including phenoxy) is 1. The summed E-state index contributed by atoms with van der Waals surface area (Å²) in [5, 5.41) is 2.42. The molecule has 1 N–H and O–H groups in total. The minimum atomic E-state index is -0.454. The molecule has 1 aliphatic heterocycles. The Bertz CT molecular complexity index is 178. The lowest BCUT2D eigenvalue weighted by Crippen LogP contribution is -2.41. The number of hydrogen-bond acceptors (Lipinski definition) is 2. The number of carbonyl (C=O) groups excluding carboxylic acids is 1. The van der Waals surface area contributed by atoms with Crippen LogP contribution < -0.4 is 5.32 Å². The normalized spacial score (nSPS) is 26.8. The van der Waals surface area contributed by atoms with Crippen molar-refractivity contribution in [3.05, 3.63) is 0 Å². The molecule has 1 amide bonds. The van der Waals surface area contributed by atoms with Crippen molar-refractivity contribution in [2.24, 2.45) is 5.92 Å². The van der Waals surface area contributed by atoms with Gasteiger partial charge in [0.2, 0.25) is 5.91 Å². The maximum Gasteiger partial charge on any atom is 0.237 e. The number of rotatable bonds is 3. The highest BCUT2D eigenvalue weighted by atomic mass is 35.5. The Labute approximate surface area is 83.8 Å². The molecule has 0 aromatic rings. The number of carbonyl (C=O) groups is 1. The predicted octanol–water partition coefficient (Wildman–Crippen LogP) is 1.15. The topological polar surface area (TPSA) is 38.3 Å². The van der Waals surface area contributed by atoms with E-state index >= 15 is 0 Å². The van der Waals surface area contributed by atoms with E-state index in [9.17, 15) is 4.79 Å². The Morgan fingerprint density at radius 2 is 2.31 bits per heavy atom. The zero-order chi connectivity index (χ0) is 9.84. The van der Waals surface area contributed by atoms with Crippen LogP contribution in [0.25, 0.3) is 0 Å². The number of nitrogens with one attached hydrogen (secondary N) is 1. The van der Waals surface area contributed by atoms with Gasteiger partial charge in [0.15, 0.2) is 0 Å². The number of amides is 1. The van der Waals surface area contributed by atoms with Crippen LogP contribution in [0.4, 0.5) is 0 Å². The first-order chi connectivity index (χ1) is 6.11. The van der Waals surface area contributed by atoms with Gasteiger partial charge < -0.3 is 10.1 Å². The van der Waals surface area contributed by atoms with Crippen LogP contribution in [0.15, 0.2) is 0 Å². The fourth-order valence-corrected chi connectivity index (χ4v) is 1.47. The van der Waals surface area contributed by atoms with Crippen molar-refractivity contribution in [3.8, 4) is 0 Å². The molecule has 0 saturated carbocycles. The van der Waals surface area contributed by atoms with Crippen LogP contribution in [0, 0.1) is 5.92 Å². The van der Waals surface area contributed by atoms with Gasteiger partial charge in [0.1, 0.15) is 5.38 Å². The monoisotopic (exact) mass is 205 g/mol. The highest BCUT2D eigenvalue weighted by Gasteiger charge is 2.24. The van der Waals surface area contributed by atoms with E-state index < -0.39 is 5.38 Å². The Morgan fingerprint density at radius 3 is 2.77 bits per heavy atom. The fourth-order valence-electron chi connectivity index (χ4n) is 1.40. The fraction of sp³-hybridized carbons (Fsp3) is 0.889. The van der Waals surface area contributed by atoms with Gasteiger partial charge in [-0.2, -0.15) is 0 Å². The molecule has 3 nitrogen and oxygen atoms in total. The van der Waals surface area contributed by atoms with E-state index in [0.29, 0.717) is 5.92 Å². The van der Waals surface area contributed by atoms with E-state index in [-0.39, 0.29) is 11.9 Å². The van der Waals surface area contributed by atoms with Crippen LogP contribution in [0.3, 0.4) is 0 Å². The van der Waals surface area contributed by atoms with Crippen LogP contribution in [-0.4, -0.2) is 30.5 Å². The molecule has 0 spiro atoms. The summed E-state index contributed by atoms with van der Waals surface area (Å²) in [6.45, 7) is 5.23. The average molecular weight is 206 g/mol. The average Bonchev–Trinajstić information content (AvgIpc) is 2.55. The van der Waals surface area contributed by atoms with Gasteiger partial charge in [-0.3, -0.25) is 4.79 Å². The Balaban J connectivity index is 2.31. The van der Waals surface area contributed by atoms with Gasteiger partial charge >= 0.3 is 0 Å². The van der Waals surface area contributed by atoms with E-state index in [1.807, 2.05) is 6.92 Å². The third-order valence-electron chi connectivity index (χ3n) is 2.40. The third-order valence-corrected chi connectivity index (χ3v) is 2.60. The number of alkyl halides is 1. The molecular weight excluding hydrogens is 190 g/mol. The summed E-state index contributed by atoms with van der Waals surface area (Å²) >= 11 is 5.64. The molecule has 1 rings (SSSR count). The second kappa shape index (κ2) is 4.82. The molecule has 13 heavy (non-hydrogen) atoms. The number of halogens is 1. The first-order valence-corrected chi connectivity index (χ1v) is 5.07. The largest absolute Gasteiger partial charge is 0.381 e. The highest BCUT2D eigenvalue weighted by molar-refractivity contribution is 6.30. The molecule has 3 unspecified atom stereocenters. The minimum absolute atomic E-state index is 0.0962. The van der Waals surface area contributed by atoms with Crippen molar-refractivity contribution in [2.75, 3.05) is 13.2 Å². The maximum atomic E-state index is 11.2. The van der Waals surface area contributed by atoms with Gasteiger partial charge in [-0.25, -0.2) is 0 Å². The molecule has 76 valence electrons.